The average molecular weight is 376 g/mol. The van der Waals surface area contributed by atoms with Gasteiger partial charge >= 0.3 is 6.09 Å². The van der Waals surface area contributed by atoms with Crippen molar-refractivity contribution < 1.29 is 14.3 Å². The van der Waals surface area contributed by atoms with Crippen molar-refractivity contribution in [1.29, 1.82) is 0 Å². The van der Waals surface area contributed by atoms with Crippen molar-refractivity contribution in [3.63, 3.8) is 0 Å². The molecule has 2 rings (SSSR count). The summed E-state index contributed by atoms with van der Waals surface area (Å²) in [5.41, 5.74) is -0.361. The van der Waals surface area contributed by atoms with Gasteiger partial charge in [0.05, 0.1) is 17.2 Å². The molecule has 4 nitrogen and oxygen atoms in total. The molecule has 0 unspecified atom stereocenters. The minimum absolute atomic E-state index is 0.167. The summed E-state index contributed by atoms with van der Waals surface area (Å²) in [6, 6.07) is 5.13. The molecule has 0 spiro atoms. The van der Waals surface area contributed by atoms with Gasteiger partial charge in [0, 0.05) is 19.2 Å². The highest BCUT2D eigenvalue weighted by Gasteiger charge is 2.23. The number of nitrogens with zero attached hydrogens (tertiary/aromatic N) is 1. The van der Waals surface area contributed by atoms with E-state index in [1.165, 1.54) is 0 Å². The van der Waals surface area contributed by atoms with Gasteiger partial charge in [-0.3, -0.25) is 0 Å². The first-order chi connectivity index (χ1) is 11.2. The van der Waals surface area contributed by atoms with E-state index >= 15 is 0 Å². The van der Waals surface area contributed by atoms with Crippen LogP contribution in [0.2, 0.25) is 10.0 Å². The Morgan fingerprint density at radius 3 is 2.08 bits per heavy atom. The molecule has 0 atom stereocenters. The smallest absolute Gasteiger partial charge is 0.410 e. The third kappa shape index (κ3) is 9.04. The topological polar surface area (TPSA) is 38.8 Å². The van der Waals surface area contributed by atoms with Crippen LogP contribution < -0.4 is 4.74 Å². The molecule has 1 aliphatic heterocycles. The Balaban J connectivity index is 0.000000405. The molecule has 24 heavy (non-hydrogen) atoms. The molecule has 1 aromatic rings. The van der Waals surface area contributed by atoms with Crippen molar-refractivity contribution in [2.75, 3.05) is 20.2 Å². The summed E-state index contributed by atoms with van der Waals surface area (Å²) in [6.45, 7) is 13.4. The van der Waals surface area contributed by atoms with Crippen LogP contribution in [0.1, 0.15) is 33.6 Å². The van der Waals surface area contributed by atoms with Crippen molar-refractivity contribution >= 4 is 29.3 Å². The number of methoxy groups -OCH3 is 1. The number of amides is 1. The van der Waals surface area contributed by atoms with E-state index in [1.54, 1.807) is 30.2 Å². The summed E-state index contributed by atoms with van der Waals surface area (Å²) in [4.78, 5) is 13.1. The number of ether oxygens (including phenoxy) is 2. The van der Waals surface area contributed by atoms with E-state index in [1.807, 2.05) is 20.8 Å². The lowest BCUT2D eigenvalue weighted by Crippen LogP contribution is -2.34. The summed E-state index contributed by atoms with van der Waals surface area (Å²) in [7, 11) is 1.58. The fourth-order valence-corrected chi connectivity index (χ4v) is 2.12. The summed E-state index contributed by atoms with van der Waals surface area (Å²) in [5, 5.41) is 1.06. The first-order valence-electron chi connectivity index (χ1n) is 7.70. The molecular formula is C18H27Cl2NO3. The summed E-state index contributed by atoms with van der Waals surface area (Å²) < 4.78 is 10.1. The van der Waals surface area contributed by atoms with E-state index in [4.69, 9.17) is 32.7 Å². The van der Waals surface area contributed by atoms with Gasteiger partial charge in [0.1, 0.15) is 11.4 Å². The monoisotopic (exact) mass is 375 g/mol. The standard InChI is InChI=1S/C9H17NO2.C7H6Cl2O.C2H4/c1-9(2,3)12-8(11)10-6-4-5-7-10;1-10-5-2-3-6(8)7(9)4-5;1-2/h4-7H2,1-3H3;2-4H,1H3;1-2H2. The van der Waals surface area contributed by atoms with Crippen LogP contribution in [0.5, 0.6) is 5.75 Å². The molecule has 0 aliphatic carbocycles. The lowest BCUT2D eigenvalue weighted by atomic mass is 10.2. The maximum atomic E-state index is 11.4. The highest BCUT2D eigenvalue weighted by Crippen LogP contribution is 2.25. The first-order valence-corrected chi connectivity index (χ1v) is 8.45. The van der Waals surface area contributed by atoms with Crippen molar-refractivity contribution in [1.82, 2.24) is 4.90 Å². The highest BCUT2D eigenvalue weighted by atomic mass is 35.5. The van der Waals surface area contributed by atoms with E-state index < -0.39 is 0 Å². The molecule has 6 heteroatoms. The van der Waals surface area contributed by atoms with Crippen LogP contribution in [-0.4, -0.2) is 36.8 Å². The van der Waals surface area contributed by atoms with Crippen molar-refractivity contribution in [2.24, 2.45) is 0 Å². The fraction of sp³-hybridized carbons (Fsp3) is 0.500. The first kappa shape index (κ1) is 22.6. The van der Waals surface area contributed by atoms with Crippen LogP contribution in [0, 0.1) is 0 Å². The van der Waals surface area contributed by atoms with Crippen LogP contribution in [0.15, 0.2) is 31.4 Å². The van der Waals surface area contributed by atoms with Gasteiger partial charge in [-0.2, -0.15) is 0 Å². The van der Waals surface area contributed by atoms with Crippen molar-refractivity contribution in [3.05, 3.63) is 41.4 Å². The molecule has 1 heterocycles. The maximum Gasteiger partial charge on any atom is 0.410 e. The Kier molecular flexibility index (Phi) is 10.6. The zero-order chi connectivity index (χ0) is 18.8. The predicted octanol–water partition coefficient (Wildman–Crippen LogP) is 5.82. The second kappa shape index (κ2) is 11.2. The molecule has 136 valence electrons. The van der Waals surface area contributed by atoms with Gasteiger partial charge in [-0.15, -0.1) is 13.2 Å². The molecule has 0 bridgehead atoms. The third-order valence-electron chi connectivity index (χ3n) is 2.88. The summed E-state index contributed by atoms with van der Waals surface area (Å²) in [6.07, 6.45) is 2.05. The average Bonchev–Trinajstić information content (AvgIpc) is 3.06. The van der Waals surface area contributed by atoms with Gasteiger partial charge in [-0.25, -0.2) is 4.79 Å². The van der Waals surface area contributed by atoms with Crippen LogP contribution >= 0.6 is 23.2 Å². The number of hydrogen-bond acceptors (Lipinski definition) is 3. The van der Waals surface area contributed by atoms with Crippen LogP contribution in [0.4, 0.5) is 4.79 Å². The van der Waals surface area contributed by atoms with Gasteiger partial charge in [0.15, 0.2) is 0 Å². The number of carbonyl (C=O) groups is 1. The Hall–Kier alpha value is -1.39. The Morgan fingerprint density at radius 1 is 1.12 bits per heavy atom. The lowest BCUT2D eigenvalue weighted by Gasteiger charge is -2.23. The molecule has 1 saturated heterocycles. The van der Waals surface area contributed by atoms with Crippen molar-refractivity contribution in [3.8, 4) is 5.75 Å². The number of halogens is 2. The van der Waals surface area contributed by atoms with Gasteiger partial charge in [0.25, 0.3) is 0 Å². The normalized spacial score (nSPS) is 13.2. The Morgan fingerprint density at radius 2 is 1.67 bits per heavy atom. The molecule has 1 fully saturated rings. The SMILES string of the molecule is C=C.CC(C)(C)OC(=O)N1CCCC1.COc1ccc(Cl)c(Cl)c1. The van der Waals surface area contributed by atoms with Crippen LogP contribution in [-0.2, 0) is 4.74 Å². The highest BCUT2D eigenvalue weighted by molar-refractivity contribution is 6.42. The molecule has 1 amide bonds. The van der Waals surface area contributed by atoms with E-state index in [0.717, 1.165) is 31.7 Å². The van der Waals surface area contributed by atoms with Crippen LogP contribution in [0.3, 0.4) is 0 Å². The van der Waals surface area contributed by atoms with Gasteiger partial charge < -0.3 is 14.4 Å². The second-order valence-electron chi connectivity index (χ2n) is 5.95. The van der Waals surface area contributed by atoms with Crippen molar-refractivity contribution in [2.45, 2.75) is 39.2 Å². The van der Waals surface area contributed by atoms with Gasteiger partial charge in [-0.05, 0) is 45.7 Å². The Bertz CT molecular complexity index is 509. The number of benzene rings is 1. The number of likely N-dealkylation sites (tertiary alicyclic amines) is 1. The molecule has 1 aliphatic rings. The van der Waals surface area contributed by atoms with Crippen LogP contribution in [0.25, 0.3) is 0 Å². The summed E-state index contributed by atoms with van der Waals surface area (Å²) >= 11 is 11.3. The number of carbonyl (C=O) groups excluding carboxylic acids is 1. The quantitative estimate of drug-likeness (QED) is 0.580. The third-order valence-corrected chi connectivity index (χ3v) is 3.62. The maximum absolute atomic E-state index is 11.4. The van der Waals surface area contributed by atoms with E-state index in [-0.39, 0.29) is 11.7 Å². The molecular weight excluding hydrogens is 349 g/mol. The predicted molar refractivity (Wildman–Crippen MR) is 101 cm³/mol. The lowest BCUT2D eigenvalue weighted by molar-refractivity contribution is 0.0295. The zero-order valence-corrected chi connectivity index (χ0v) is 16.4. The molecule has 0 aromatic heterocycles. The largest absolute Gasteiger partial charge is 0.497 e. The fourth-order valence-electron chi connectivity index (χ4n) is 1.83. The molecule has 0 saturated carbocycles. The minimum atomic E-state index is -0.361. The number of rotatable bonds is 1. The van der Waals surface area contributed by atoms with E-state index in [0.29, 0.717) is 10.0 Å². The van der Waals surface area contributed by atoms with Gasteiger partial charge in [-0.1, -0.05) is 23.2 Å². The van der Waals surface area contributed by atoms with E-state index in [9.17, 15) is 4.79 Å². The van der Waals surface area contributed by atoms with Gasteiger partial charge in [0.2, 0.25) is 0 Å². The molecule has 1 aromatic carbocycles. The zero-order valence-electron chi connectivity index (χ0n) is 14.9. The molecule has 0 N–H and O–H groups in total. The minimum Gasteiger partial charge on any atom is -0.497 e. The second-order valence-corrected chi connectivity index (χ2v) is 6.77. The van der Waals surface area contributed by atoms with E-state index in [2.05, 4.69) is 13.2 Å². The molecule has 0 radical (unpaired) electrons. The Labute approximate surface area is 155 Å². The summed E-state index contributed by atoms with van der Waals surface area (Å²) in [5.74, 6) is 0.717. The number of hydrogen-bond donors (Lipinski definition) is 0.